The molecule has 1 heterocycles. The number of rotatable bonds is 5. The molecule has 0 radical (unpaired) electrons. The summed E-state index contributed by atoms with van der Waals surface area (Å²) in [7, 11) is 1.98. The van der Waals surface area contributed by atoms with E-state index in [1.54, 1.807) is 0 Å². The van der Waals surface area contributed by atoms with Crippen molar-refractivity contribution in [3.8, 4) is 0 Å². The third-order valence-corrected chi connectivity index (χ3v) is 3.11. The minimum absolute atomic E-state index is 0.279. The smallest absolute Gasteiger partial charge is 0.223 e. The zero-order valence-electron chi connectivity index (χ0n) is 12.2. The van der Waals surface area contributed by atoms with E-state index >= 15 is 0 Å². The average Bonchev–Trinajstić information content (AvgIpc) is 2.44. The van der Waals surface area contributed by atoms with Crippen molar-refractivity contribution in [3.05, 3.63) is 35.9 Å². The first-order valence-electron chi connectivity index (χ1n) is 6.79. The summed E-state index contributed by atoms with van der Waals surface area (Å²) in [6, 6.07) is 10.1. The van der Waals surface area contributed by atoms with Crippen LogP contribution in [0.2, 0.25) is 0 Å². The van der Waals surface area contributed by atoms with E-state index in [1.807, 2.05) is 30.1 Å². The quantitative estimate of drug-likeness (QED) is 0.875. The number of para-hydroxylation sites is 1. The van der Waals surface area contributed by atoms with Gasteiger partial charge in [-0.3, -0.25) is 0 Å². The van der Waals surface area contributed by atoms with Crippen LogP contribution in [0.25, 0.3) is 0 Å². The molecule has 20 heavy (non-hydrogen) atoms. The third-order valence-electron chi connectivity index (χ3n) is 3.11. The molecule has 106 valence electrons. The first-order chi connectivity index (χ1) is 9.61. The normalized spacial score (nSPS) is 10.3. The Bertz CT molecular complexity index is 582. The van der Waals surface area contributed by atoms with Gasteiger partial charge in [-0.05, 0) is 25.0 Å². The highest BCUT2D eigenvalue weighted by molar-refractivity contribution is 5.65. The maximum absolute atomic E-state index is 5.80. The number of aromatic nitrogens is 2. The van der Waals surface area contributed by atoms with Crippen LogP contribution >= 0.6 is 0 Å². The van der Waals surface area contributed by atoms with Crippen molar-refractivity contribution in [2.45, 2.75) is 20.3 Å². The number of aryl methyl sites for hydroxylation is 1. The molecule has 3 N–H and O–H groups in total. The fraction of sp³-hybridized carbons (Fsp3) is 0.333. The fourth-order valence-electron chi connectivity index (χ4n) is 2.03. The highest BCUT2D eigenvalue weighted by Crippen LogP contribution is 2.26. The zero-order chi connectivity index (χ0) is 14.5. The Hall–Kier alpha value is -2.30. The van der Waals surface area contributed by atoms with Gasteiger partial charge in [-0.2, -0.15) is 9.97 Å². The van der Waals surface area contributed by atoms with Gasteiger partial charge in [-0.25, -0.2) is 0 Å². The van der Waals surface area contributed by atoms with Crippen LogP contribution in [0.1, 0.15) is 18.9 Å². The topological polar surface area (TPSA) is 67.1 Å². The molecule has 0 atom stereocenters. The highest BCUT2D eigenvalue weighted by Gasteiger charge is 2.10. The van der Waals surface area contributed by atoms with Crippen molar-refractivity contribution in [1.82, 2.24) is 9.97 Å². The van der Waals surface area contributed by atoms with Crippen LogP contribution in [0, 0.1) is 6.92 Å². The predicted molar refractivity (Wildman–Crippen MR) is 84.5 cm³/mol. The van der Waals surface area contributed by atoms with Crippen molar-refractivity contribution in [2.24, 2.45) is 0 Å². The van der Waals surface area contributed by atoms with E-state index in [-0.39, 0.29) is 5.95 Å². The molecule has 0 aliphatic heterocycles. The van der Waals surface area contributed by atoms with Crippen molar-refractivity contribution in [3.63, 3.8) is 0 Å². The number of nitrogen functional groups attached to an aromatic ring is 1. The summed E-state index contributed by atoms with van der Waals surface area (Å²) in [5, 5.41) is 3.24. The summed E-state index contributed by atoms with van der Waals surface area (Å²) in [6.45, 7) is 5.05. The molecule has 0 saturated heterocycles. The molecule has 0 spiro atoms. The molecule has 2 rings (SSSR count). The number of nitrogens with one attached hydrogen (secondary N) is 1. The molecule has 0 unspecified atom stereocenters. The summed E-state index contributed by atoms with van der Waals surface area (Å²) in [5.41, 5.74) is 8.09. The van der Waals surface area contributed by atoms with Gasteiger partial charge in [0.15, 0.2) is 0 Å². The van der Waals surface area contributed by atoms with Crippen LogP contribution in [0.5, 0.6) is 0 Å². The molecule has 1 aromatic heterocycles. The standard InChI is InChI=1S/C15H21N5/c1-4-9-17-13-10-14(19-15(16)18-13)20(3)12-8-6-5-7-11(12)2/h5-8,10H,4,9H2,1-3H3,(H3,16,17,18,19). The second kappa shape index (κ2) is 6.23. The molecular formula is C15H21N5. The van der Waals surface area contributed by atoms with Gasteiger partial charge in [0, 0.05) is 25.3 Å². The number of anilines is 4. The third kappa shape index (κ3) is 3.17. The molecule has 0 aliphatic rings. The van der Waals surface area contributed by atoms with Crippen LogP contribution in [0.15, 0.2) is 30.3 Å². The first kappa shape index (κ1) is 14.1. The Kier molecular flexibility index (Phi) is 4.40. The van der Waals surface area contributed by atoms with Crippen LogP contribution in [0.4, 0.5) is 23.3 Å². The fourth-order valence-corrected chi connectivity index (χ4v) is 2.03. The summed E-state index contributed by atoms with van der Waals surface area (Å²) < 4.78 is 0. The van der Waals surface area contributed by atoms with Gasteiger partial charge in [0.1, 0.15) is 11.6 Å². The maximum Gasteiger partial charge on any atom is 0.223 e. The lowest BCUT2D eigenvalue weighted by molar-refractivity contribution is 0.964. The molecular weight excluding hydrogens is 250 g/mol. The predicted octanol–water partition coefficient (Wildman–Crippen LogP) is 2.96. The average molecular weight is 271 g/mol. The largest absolute Gasteiger partial charge is 0.370 e. The number of hydrogen-bond acceptors (Lipinski definition) is 5. The van der Waals surface area contributed by atoms with Gasteiger partial charge in [0.25, 0.3) is 0 Å². The Morgan fingerprint density at radius 1 is 1.25 bits per heavy atom. The first-order valence-corrected chi connectivity index (χ1v) is 6.79. The lowest BCUT2D eigenvalue weighted by atomic mass is 10.2. The van der Waals surface area contributed by atoms with Crippen molar-refractivity contribution in [2.75, 3.05) is 29.5 Å². The van der Waals surface area contributed by atoms with Crippen molar-refractivity contribution >= 4 is 23.3 Å². The molecule has 0 amide bonds. The van der Waals surface area contributed by atoms with Gasteiger partial charge in [-0.15, -0.1) is 0 Å². The molecule has 0 aliphatic carbocycles. The lowest BCUT2D eigenvalue weighted by Gasteiger charge is -2.21. The van der Waals surface area contributed by atoms with E-state index in [0.29, 0.717) is 0 Å². The zero-order valence-corrected chi connectivity index (χ0v) is 12.2. The minimum atomic E-state index is 0.279. The van der Waals surface area contributed by atoms with Crippen molar-refractivity contribution in [1.29, 1.82) is 0 Å². The lowest BCUT2D eigenvalue weighted by Crippen LogP contribution is -2.15. The Morgan fingerprint density at radius 2 is 2.00 bits per heavy atom. The molecule has 5 heteroatoms. The van der Waals surface area contributed by atoms with Crippen LogP contribution in [-0.2, 0) is 0 Å². The van der Waals surface area contributed by atoms with E-state index in [9.17, 15) is 0 Å². The summed E-state index contributed by atoms with van der Waals surface area (Å²) in [4.78, 5) is 10.5. The Balaban J connectivity index is 2.32. The summed E-state index contributed by atoms with van der Waals surface area (Å²) in [6.07, 6.45) is 1.03. The van der Waals surface area contributed by atoms with Gasteiger partial charge in [0.2, 0.25) is 5.95 Å². The summed E-state index contributed by atoms with van der Waals surface area (Å²) in [5.74, 6) is 1.82. The number of nitrogens with two attached hydrogens (primary N) is 1. The molecule has 0 fully saturated rings. The minimum Gasteiger partial charge on any atom is -0.370 e. The molecule has 0 saturated carbocycles. The Morgan fingerprint density at radius 3 is 2.70 bits per heavy atom. The van der Waals surface area contributed by atoms with Crippen molar-refractivity contribution < 1.29 is 0 Å². The van der Waals surface area contributed by atoms with Gasteiger partial charge < -0.3 is 16.0 Å². The monoisotopic (exact) mass is 271 g/mol. The SMILES string of the molecule is CCCNc1cc(N(C)c2ccccc2C)nc(N)n1. The van der Waals surface area contributed by atoms with Crippen LogP contribution in [-0.4, -0.2) is 23.6 Å². The van der Waals surface area contributed by atoms with Gasteiger partial charge >= 0.3 is 0 Å². The van der Waals surface area contributed by atoms with E-state index in [1.165, 1.54) is 5.56 Å². The second-order valence-corrected chi connectivity index (χ2v) is 4.74. The van der Waals surface area contributed by atoms with Gasteiger partial charge in [-0.1, -0.05) is 25.1 Å². The number of nitrogens with zero attached hydrogens (tertiary/aromatic N) is 3. The highest BCUT2D eigenvalue weighted by atomic mass is 15.2. The maximum atomic E-state index is 5.80. The number of benzene rings is 1. The van der Waals surface area contributed by atoms with Crippen LogP contribution < -0.4 is 16.0 Å². The second-order valence-electron chi connectivity index (χ2n) is 4.74. The van der Waals surface area contributed by atoms with E-state index in [0.717, 1.165) is 30.3 Å². The van der Waals surface area contributed by atoms with E-state index in [2.05, 4.69) is 41.3 Å². The molecule has 2 aromatic rings. The molecule has 1 aromatic carbocycles. The van der Waals surface area contributed by atoms with Gasteiger partial charge in [0.05, 0.1) is 0 Å². The van der Waals surface area contributed by atoms with E-state index in [4.69, 9.17) is 5.73 Å². The Labute approximate surface area is 119 Å². The number of hydrogen-bond donors (Lipinski definition) is 2. The molecule has 0 bridgehead atoms. The molecule has 5 nitrogen and oxygen atoms in total. The van der Waals surface area contributed by atoms with Crippen LogP contribution in [0.3, 0.4) is 0 Å². The summed E-state index contributed by atoms with van der Waals surface area (Å²) >= 11 is 0. The van der Waals surface area contributed by atoms with E-state index < -0.39 is 0 Å².